The fraction of sp³-hybridized carbons (Fsp3) is 0.818. The van der Waals surface area contributed by atoms with Crippen molar-refractivity contribution < 1.29 is 24.5 Å². The molecule has 0 spiro atoms. The third-order valence-corrected chi connectivity index (χ3v) is 4.66. The molecule has 3 N–H and O–H groups in total. The van der Waals surface area contributed by atoms with E-state index in [1.807, 2.05) is 0 Å². The molecule has 1 amide bonds. The molecule has 0 saturated carbocycles. The maximum absolute atomic E-state index is 11.4. The summed E-state index contributed by atoms with van der Waals surface area (Å²) in [5.74, 6) is -1.28. The quantitative estimate of drug-likeness (QED) is 0.205. The van der Waals surface area contributed by atoms with E-state index in [9.17, 15) is 9.59 Å². The van der Waals surface area contributed by atoms with Crippen LogP contribution in [-0.2, 0) is 9.53 Å². The third kappa shape index (κ3) is 17.8. The number of aliphatic hydroxyl groups is 1. The number of unbranched alkanes of at least 4 members (excludes halogenated alkanes) is 12. The number of carbonyl (C=O) groups excluding carboxylic acids is 1. The molecule has 0 saturated heterocycles. The Balaban J connectivity index is 3.32. The number of rotatable bonds is 19. The molecule has 0 aliphatic carbocycles. The van der Waals surface area contributed by atoms with Crippen LogP contribution in [0.4, 0.5) is 4.79 Å². The number of ether oxygens (including phenoxy) is 1. The first kappa shape index (κ1) is 26.4. The fourth-order valence-electron chi connectivity index (χ4n) is 2.88. The molecule has 6 nitrogen and oxygen atoms in total. The maximum Gasteiger partial charge on any atom is 0.407 e. The number of carboxylic acid groups (broad SMARTS) is 1. The summed E-state index contributed by atoms with van der Waals surface area (Å²) in [5.41, 5.74) is 0. The molecule has 28 heavy (non-hydrogen) atoms. The molecular formula is C22H41NO5. The minimum Gasteiger partial charge on any atom is -0.480 e. The summed E-state index contributed by atoms with van der Waals surface area (Å²) in [6.07, 6.45) is 20.8. The van der Waals surface area contributed by atoms with Crippen LogP contribution in [0.3, 0.4) is 0 Å². The fourth-order valence-corrected chi connectivity index (χ4v) is 2.88. The average molecular weight is 400 g/mol. The van der Waals surface area contributed by atoms with E-state index in [1.165, 1.54) is 64.2 Å². The molecule has 0 aromatic carbocycles. The molecule has 0 aliphatic heterocycles. The van der Waals surface area contributed by atoms with Gasteiger partial charge in [-0.25, -0.2) is 9.59 Å². The first-order chi connectivity index (χ1) is 13.6. The van der Waals surface area contributed by atoms with Crippen LogP contribution in [0, 0.1) is 0 Å². The van der Waals surface area contributed by atoms with Crippen LogP contribution in [0.15, 0.2) is 12.2 Å². The zero-order valence-corrected chi connectivity index (χ0v) is 17.7. The van der Waals surface area contributed by atoms with Gasteiger partial charge in [-0.2, -0.15) is 0 Å². The second-order valence-corrected chi connectivity index (χ2v) is 7.29. The zero-order valence-electron chi connectivity index (χ0n) is 17.7. The standard InChI is InChI=1S/C22H41NO5/c1-2-3-4-5-6-7-8-9-10-11-12-13-14-15-16-17-18-28-22(27)23-20(19-24)21(25)26/h9-10,20,24H,2-8,11-19H2,1H3,(H,23,27)(H,25,26)/b10-9-/t20-/m0/s1. The highest BCUT2D eigenvalue weighted by Crippen LogP contribution is 2.10. The third-order valence-electron chi connectivity index (χ3n) is 4.66. The maximum atomic E-state index is 11.4. The summed E-state index contributed by atoms with van der Waals surface area (Å²) in [4.78, 5) is 22.0. The summed E-state index contributed by atoms with van der Waals surface area (Å²) in [6, 6.07) is -1.31. The smallest absolute Gasteiger partial charge is 0.407 e. The number of hydrogen-bond donors (Lipinski definition) is 3. The second-order valence-electron chi connectivity index (χ2n) is 7.29. The summed E-state index contributed by atoms with van der Waals surface area (Å²) < 4.78 is 4.91. The number of nitrogens with one attached hydrogen (secondary N) is 1. The number of aliphatic carboxylic acids is 1. The van der Waals surface area contributed by atoms with Crippen molar-refractivity contribution in [2.24, 2.45) is 0 Å². The largest absolute Gasteiger partial charge is 0.480 e. The van der Waals surface area contributed by atoms with Gasteiger partial charge in [-0.05, 0) is 32.1 Å². The molecule has 0 aromatic heterocycles. The number of carbonyl (C=O) groups is 2. The Bertz CT molecular complexity index is 412. The molecule has 0 aliphatic rings. The number of amides is 1. The highest BCUT2D eigenvalue weighted by Gasteiger charge is 2.19. The van der Waals surface area contributed by atoms with Gasteiger partial charge in [-0.1, -0.05) is 76.9 Å². The Kier molecular flexibility index (Phi) is 19.1. The van der Waals surface area contributed by atoms with E-state index in [0.29, 0.717) is 0 Å². The van der Waals surface area contributed by atoms with Crippen molar-refractivity contribution in [3.63, 3.8) is 0 Å². The molecule has 0 rings (SSSR count). The number of hydrogen-bond acceptors (Lipinski definition) is 4. The van der Waals surface area contributed by atoms with Crippen molar-refractivity contribution >= 4 is 12.1 Å². The van der Waals surface area contributed by atoms with Gasteiger partial charge in [0.25, 0.3) is 0 Å². The summed E-state index contributed by atoms with van der Waals surface area (Å²) in [6.45, 7) is 1.86. The van der Waals surface area contributed by atoms with Gasteiger partial charge in [0.15, 0.2) is 6.04 Å². The van der Waals surface area contributed by atoms with E-state index in [4.69, 9.17) is 14.9 Å². The van der Waals surface area contributed by atoms with E-state index < -0.39 is 24.7 Å². The zero-order chi connectivity index (χ0) is 20.9. The van der Waals surface area contributed by atoms with Crippen LogP contribution < -0.4 is 5.32 Å². The Morgan fingerprint density at radius 1 is 0.857 bits per heavy atom. The van der Waals surface area contributed by atoms with Crippen LogP contribution in [-0.4, -0.2) is 41.5 Å². The molecular weight excluding hydrogens is 358 g/mol. The van der Waals surface area contributed by atoms with Gasteiger partial charge in [0.1, 0.15) is 0 Å². The Hall–Kier alpha value is -1.56. The Labute approximate surface area is 170 Å². The van der Waals surface area contributed by atoms with Gasteiger partial charge in [0.2, 0.25) is 0 Å². The first-order valence-electron chi connectivity index (χ1n) is 11.0. The highest BCUT2D eigenvalue weighted by atomic mass is 16.5. The van der Waals surface area contributed by atoms with Gasteiger partial charge < -0.3 is 20.3 Å². The lowest BCUT2D eigenvalue weighted by atomic mass is 10.1. The monoisotopic (exact) mass is 399 g/mol. The van der Waals surface area contributed by atoms with E-state index in [0.717, 1.165) is 25.7 Å². The summed E-state index contributed by atoms with van der Waals surface area (Å²) in [5, 5.41) is 19.6. The van der Waals surface area contributed by atoms with Crippen LogP contribution in [0.25, 0.3) is 0 Å². The van der Waals surface area contributed by atoms with E-state index in [2.05, 4.69) is 24.4 Å². The van der Waals surface area contributed by atoms with E-state index in [1.54, 1.807) is 0 Å². The second kappa shape index (κ2) is 20.2. The number of alkyl carbamates (subject to hydrolysis) is 1. The molecule has 164 valence electrons. The van der Waals surface area contributed by atoms with Crippen molar-refractivity contribution in [1.29, 1.82) is 0 Å². The number of carboxylic acids is 1. The lowest BCUT2D eigenvalue weighted by Crippen LogP contribution is -2.43. The van der Waals surface area contributed by atoms with Crippen LogP contribution in [0.1, 0.15) is 96.8 Å². The van der Waals surface area contributed by atoms with Gasteiger partial charge in [0.05, 0.1) is 13.2 Å². The predicted octanol–water partition coefficient (Wildman–Crippen LogP) is 5.20. The Morgan fingerprint density at radius 3 is 1.86 bits per heavy atom. The average Bonchev–Trinajstić information content (AvgIpc) is 2.68. The van der Waals surface area contributed by atoms with Crippen LogP contribution in [0.2, 0.25) is 0 Å². The van der Waals surface area contributed by atoms with Gasteiger partial charge in [-0.3, -0.25) is 0 Å². The normalized spacial score (nSPS) is 12.2. The van der Waals surface area contributed by atoms with Crippen molar-refractivity contribution in [2.75, 3.05) is 13.2 Å². The molecule has 0 fully saturated rings. The number of allylic oxidation sites excluding steroid dienone is 2. The van der Waals surface area contributed by atoms with Gasteiger partial charge in [-0.15, -0.1) is 0 Å². The molecule has 0 bridgehead atoms. The summed E-state index contributed by atoms with van der Waals surface area (Å²) in [7, 11) is 0. The number of aliphatic hydroxyl groups excluding tert-OH is 1. The van der Waals surface area contributed by atoms with Crippen LogP contribution >= 0.6 is 0 Å². The van der Waals surface area contributed by atoms with Gasteiger partial charge >= 0.3 is 12.1 Å². The van der Waals surface area contributed by atoms with Crippen LogP contribution in [0.5, 0.6) is 0 Å². The molecule has 1 atom stereocenters. The lowest BCUT2D eigenvalue weighted by Gasteiger charge is -2.11. The molecule has 0 unspecified atom stereocenters. The molecule has 0 radical (unpaired) electrons. The Morgan fingerprint density at radius 2 is 1.36 bits per heavy atom. The van der Waals surface area contributed by atoms with Gasteiger partial charge in [0, 0.05) is 0 Å². The van der Waals surface area contributed by atoms with Crippen molar-refractivity contribution in [2.45, 2.75) is 103 Å². The highest BCUT2D eigenvalue weighted by molar-refractivity contribution is 5.79. The SMILES string of the molecule is CCCCCCCC/C=C\CCCCCCCCOC(=O)N[C@@H](CO)C(=O)O. The lowest BCUT2D eigenvalue weighted by molar-refractivity contribution is -0.140. The molecule has 0 aromatic rings. The van der Waals surface area contributed by atoms with Crippen molar-refractivity contribution in [3.05, 3.63) is 12.2 Å². The van der Waals surface area contributed by atoms with E-state index in [-0.39, 0.29) is 6.61 Å². The van der Waals surface area contributed by atoms with Crippen molar-refractivity contribution in [1.82, 2.24) is 5.32 Å². The summed E-state index contributed by atoms with van der Waals surface area (Å²) >= 11 is 0. The first-order valence-corrected chi connectivity index (χ1v) is 11.0. The van der Waals surface area contributed by atoms with E-state index >= 15 is 0 Å². The minimum atomic E-state index is -1.31. The topological polar surface area (TPSA) is 95.9 Å². The molecule has 0 heterocycles. The van der Waals surface area contributed by atoms with Crippen molar-refractivity contribution in [3.8, 4) is 0 Å². The minimum absolute atomic E-state index is 0.269. The predicted molar refractivity (Wildman–Crippen MR) is 112 cm³/mol. The molecule has 6 heteroatoms.